The number of rotatable bonds is 2. The van der Waals surface area contributed by atoms with Gasteiger partial charge in [-0.05, 0) is 36.4 Å². The Morgan fingerprint density at radius 2 is 2.10 bits per heavy atom. The monoisotopic (exact) mass is 333 g/mol. The highest BCUT2D eigenvalue weighted by Gasteiger charge is 2.18. The number of aromatic carboxylic acids is 1. The molecule has 4 nitrogen and oxygen atoms in total. The summed E-state index contributed by atoms with van der Waals surface area (Å²) in [5.74, 6) is -0.0493. The quantitative estimate of drug-likeness (QED) is 0.913. The van der Waals surface area contributed by atoms with E-state index in [-0.39, 0.29) is 5.56 Å². The van der Waals surface area contributed by atoms with Crippen LogP contribution in [0.15, 0.2) is 46.9 Å². The van der Waals surface area contributed by atoms with Crippen LogP contribution >= 0.6 is 15.9 Å². The summed E-state index contributed by atoms with van der Waals surface area (Å²) in [5.41, 5.74) is 2.20. The van der Waals surface area contributed by atoms with Crippen molar-refractivity contribution >= 4 is 27.6 Å². The summed E-state index contributed by atoms with van der Waals surface area (Å²) in [6, 6.07) is 12.8. The molecule has 3 rings (SSSR count). The van der Waals surface area contributed by atoms with Crippen LogP contribution in [0.1, 0.15) is 15.9 Å². The first-order valence-electron chi connectivity index (χ1n) is 6.13. The highest BCUT2D eigenvalue weighted by Crippen LogP contribution is 2.30. The van der Waals surface area contributed by atoms with Gasteiger partial charge in [-0.15, -0.1) is 0 Å². The minimum Gasteiger partial charge on any atom is -0.478 e. The lowest BCUT2D eigenvalue weighted by Gasteiger charge is -2.31. The molecule has 1 heterocycles. The van der Waals surface area contributed by atoms with E-state index in [9.17, 15) is 4.79 Å². The number of fused-ring (bicyclic) bond motifs is 1. The van der Waals surface area contributed by atoms with Gasteiger partial charge in [0.25, 0.3) is 0 Å². The normalized spacial score (nSPS) is 13.6. The van der Waals surface area contributed by atoms with Crippen LogP contribution in [0.4, 0.5) is 5.69 Å². The molecule has 2 aromatic rings. The number of anilines is 1. The lowest BCUT2D eigenvalue weighted by atomic mass is 10.1. The third-order valence-electron chi connectivity index (χ3n) is 3.22. The largest absolute Gasteiger partial charge is 0.478 e. The molecule has 0 amide bonds. The molecule has 102 valence electrons. The van der Waals surface area contributed by atoms with Gasteiger partial charge in [-0.3, -0.25) is 0 Å². The molecule has 1 aliphatic heterocycles. The summed E-state index contributed by atoms with van der Waals surface area (Å²) in [6.45, 7) is 1.11. The van der Waals surface area contributed by atoms with Gasteiger partial charge in [0.2, 0.25) is 0 Å². The van der Waals surface area contributed by atoms with Crippen LogP contribution in [0.2, 0.25) is 0 Å². The highest BCUT2D eigenvalue weighted by molar-refractivity contribution is 9.10. The fraction of sp³-hybridized carbons (Fsp3) is 0.133. The Morgan fingerprint density at radius 1 is 1.25 bits per heavy atom. The third kappa shape index (κ3) is 2.49. The zero-order valence-electron chi connectivity index (χ0n) is 10.5. The van der Waals surface area contributed by atoms with Crippen molar-refractivity contribution in [3.05, 3.63) is 58.1 Å². The number of carbonyl (C=O) groups is 1. The van der Waals surface area contributed by atoms with E-state index in [4.69, 9.17) is 9.84 Å². The van der Waals surface area contributed by atoms with Crippen LogP contribution in [0.3, 0.4) is 0 Å². The van der Waals surface area contributed by atoms with E-state index in [0.29, 0.717) is 13.3 Å². The molecule has 20 heavy (non-hydrogen) atoms. The minimum atomic E-state index is -0.923. The average molecular weight is 334 g/mol. The van der Waals surface area contributed by atoms with Crippen LogP contribution in [0.25, 0.3) is 0 Å². The average Bonchev–Trinajstić information content (AvgIpc) is 2.46. The van der Waals surface area contributed by atoms with Crippen LogP contribution in [-0.4, -0.2) is 17.8 Å². The molecule has 1 aliphatic rings. The molecule has 0 fully saturated rings. The van der Waals surface area contributed by atoms with Gasteiger partial charge < -0.3 is 14.7 Å². The first kappa shape index (κ1) is 13.0. The third-order valence-corrected chi connectivity index (χ3v) is 3.71. The second-order valence-corrected chi connectivity index (χ2v) is 5.49. The number of benzene rings is 2. The maximum Gasteiger partial charge on any atom is 0.335 e. The lowest BCUT2D eigenvalue weighted by molar-refractivity contribution is 0.0697. The van der Waals surface area contributed by atoms with E-state index in [1.54, 1.807) is 18.2 Å². The topological polar surface area (TPSA) is 49.8 Å². The van der Waals surface area contributed by atoms with Gasteiger partial charge in [0.05, 0.1) is 5.56 Å². The molecule has 0 saturated carbocycles. The van der Waals surface area contributed by atoms with E-state index in [0.717, 1.165) is 21.5 Å². The van der Waals surface area contributed by atoms with Crippen LogP contribution in [0.5, 0.6) is 5.75 Å². The van der Waals surface area contributed by atoms with Gasteiger partial charge in [-0.25, -0.2) is 4.79 Å². The van der Waals surface area contributed by atoms with E-state index >= 15 is 0 Å². The lowest BCUT2D eigenvalue weighted by Crippen LogP contribution is -2.31. The Morgan fingerprint density at radius 3 is 2.90 bits per heavy atom. The number of halogens is 1. The SMILES string of the molecule is O=C(O)c1cccc(N2COc3ccc(Br)cc3C2)c1. The van der Waals surface area contributed by atoms with Crippen LogP contribution < -0.4 is 9.64 Å². The van der Waals surface area contributed by atoms with Gasteiger partial charge in [0.1, 0.15) is 5.75 Å². The number of carboxylic acids is 1. The van der Waals surface area contributed by atoms with Gasteiger partial charge in [0.15, 0.2) is 6.73 Å². The summed E-state index contributed by atoms with van der Waals surface area (Å²) < 4.78 is 6.70. The number of ether oxygens (including phenoxy) is 1. The summed E-state index contributed by atoms with van der Waals surface area (Å²) >= 11 is 3.45. The molecule has 0 spiro atoms. The first-order chi connectivity index (χ1) is 9.63. The van der Waals surface area contributed by atoms with Gasteiger partial charge in [-0.2, -0.15) is 0 Å². The Hall–Kier alpha value is -2.01. The first-order valence-corrected chi connectivity index (χ1v) is 6.92. The van der Waals surface area contributed by atoms with E-state index in [2.05, 4.69) is 15.9 Å². The Labute approximate surface area is 124 Å². The van der Waals surface area contributed by atoms with Crippen molar-refractivity contribution in [1.82, 2.24) is 0 Å². The van der Waals surface area contributed by atoms with Gasteiger partial charge in [0, 0.05) is 22.3 Å². The van der Waals surface area contributed by atoms with Gasteiger partial charge in [-0.1, -0.05) is 22.0 Å². The predicted molar refractivity (Wildman–Crippen MR) is 79.2 cm³/mol. The molecule has 0 bridgehead atoms. The summed E-state index contributed by atoms with van der Waals surface area (Å²) in [4.78, 5) is 13.0. The zero-order chi connectivity index (χ0) is 14.1. The van der Waals surface area contributed by atoms with Gasteiger partial charge >= 0.3 is 5.97 Å². The molecular weight excluding hydrogens is 322 g/mol. The molecule has 0 atom stereocenters. The number of carboxylic acid groups (broad SMARTS) is 1. The molecule has 0 aromatic heterocycles. The van der Waals surface area contributed by atoms with Crippen molar-refractivity contribution in [3.8, 4) is 5.75 Å². The van der Waals surface area contributed by atoms with Crippen LogP contribution in [-0.2, 0) is 6.54 Å². The predicted octanol–water partition coefficient (Wildman–Crippen LogP) is 3.50. The standard InChI is InChI=1S/C15H12BrNO3/c16-12-4-5-14-11(6-12)8-17(9-20-14)13-3-1-2-10(7-13)15(18)19/h1-7H,8-9H2,(H,18,19). The smallest absolute Gasteiger partial charge is 0.335 e. The fourth-order valence-corrected chi connectivity index (χ4v) is 2.62. The second-order valence-electron chi connectivity index (χ2n) is 4.58. The Bertz CT molecular complexity index is 672. The maximum atomic E-state index is 11.0. The number of hydrogen-bond acceptors (Lipinski definition) is 3. The number of hydrogen-bond donors (Lipinski definition) is 1. The zero-order valence-corrected chi connectivity index (χ0v) is 12.1. The Balaban J connectivity index is 1.90. The minimum absolute atomic E-state index is 0.280. The van der Waals surface area contributed by atoms with Crippen molar-refractivity contribution in [2.75, 3.05) is 11.6 Å². The summed E-state index contributed by atoms with van der Waals surface area (Å²) in [5, 5.41) is 9.05. The molecule has 0 aliphatic carbocycles. The molecule has 0 saturated heterocycles. The summed E-state index contributed by atoms with van der Waals surface area (Å²) in [7, 11) is 0. The van der Waals surface area contributed by atoms with Crippen molar-refractivity contribution in [2.45, 2.75) is 6.54 Å². The highest BCUT2D eigenvalue weighted by atomic mass is 79.9. The molecular formula is C15H12BrNO3. The molecule has 0 unspecified atom stereocenters. The summed E-state index contributed by atoms with van der Waals surface area (Å²) in [6.07, 6.45) is 0. The molecule has 2 aromatic carbocycles. The van der Waals surface area contributed by atoms with E-state index in [1.807, 2.05) is 29.2 Å². The van der Waals surface area contributed by atoms with Crippen molar-refractivity contribution in [2.24, 2.45) is 0 Å². The second kappa shape index (κ2) is 5.17. The molecule has 1 N–H and O–H groups in total. The fourth-order valence-electron chi connectivity index (χ4n) is 2.21. The van der Waals surface area contributed by atoms with E-state index < -0.39 is 5.97 Å². The van der Waals surface area contributed by atoms with E-state index in [1.165, 1.54) is 0 Å². The van der Waals surface area contributed by atoms with Crippen LogP contribution in [0, 0.1) is 0 Å². The number of nitrogens with zero attached hydrogens (tertiary/aromatic N) is 1. The Kier molecular flexibility index (Phi) is 3.36. The van der Waals surface area contributed by atoms with Crippen molar-refractivity contribution in [1.29, 1.82) is 0 Å². The van der Waals surface area contributed by atoms with Crippen molar-refractivity contribution < 1.29 is 14.6 Å². The van der Waals surface area contributed by atoms with Crippen molar-refractivity contribution in [3.63, 3.8) is 0 Å². The molecule has 0 radical (unpaired) electrons. The maximum absolute atomic E-state index is 11.0. The molecule has 5 heteroatoms.